The van der Waals surface area contributed by atoms with Gasteiger partial charge >= 0.3 is 0 Å². The summed E-state index contributed by atoms with van der Waals surface area (Å²) < 4.78 is 1.01. The molecule has 22 heavy (non-hydrogen) atoms. The Balaban J connectivity index is 1.87. The minimum absolute atomic E-state index is 0.779. The molecule has 1 heterocycles. The van der Waals surface area contributed by atoms with Crippen LogP contribution in [-0.4, -0.2) is 11.2 Å². The first-order valence-electron chi connectivity index (χ1n) is 7.05. The molecule has 0 radical (unpaired) electrons. The van der Waals surface area contributed by atoms with E-state index in [-0.39, 0.29) is 0 Å². The predicted molar refractivity (Wildman–Crippen MR) is 96.6 cm³/mol. The highest BCUT2D eigenvalue weighted by molar-refractivity contribution is 9.10. The molecule has 0 spiro atoms. The normalized spacial score (nSPS) is 11.2. The highest BCUT2D eigenvalue weighted by Crippen LogP contribution is 2.21. The summed E-state index contributed by atoms with van der Waals surface area (Å²) in [5.41, 5.74) is 7.30. The van der Waals surface area contributed by atoms with Crippen LogP contribution in [-0.2, 0) is 0 Å². The number of fused-ring (bicyclic) bond motifs is 1. The number of anilines is 1. The molecule has 3 rings (SSSR count). The highest BCUT2D eigenvalue weighted by atomic mass is 79.9. The predicted octanol–water partition coefficient (Wildman–Crippen LogP) is 5.06. The first kappa shape index (κ1) is 14.7. The van der Waals surface area contributed by atoms with E-state index in [1.165, 1.54) is 5.56 Å². The van der Waals surface area contributed by atoms with Crippen LogP contribution in [0.1, 0.15) is 16.7 Å². The molecule has 0 saturated heterocycles. The summed E-state index contributed by atoms with van der Waals surface area (Å²) >= 11 is 3.50. The van der Waals surface area contributed by atoms with E-state index in [1.54, 1.807) is 6.21 Å². The summed E-state index contributed by atoms with van der Waals surface area (Å²) in [6.07, 6.45) is 1.78. The Morgan fingerprint density at radius 2 is 1.91 bits per heavy atom. The molecule has 0 aliphatic heterocycles. The van der Waals surface area contributed by atoms with Crippen molar-refractivity contribution in [3.8, 4) is 0 Å². The van der Waals surface area contributed by atoms with E-state index in [9.17, 15) is 0 Å². The molecule has 110 valence electrons. The van der Waals surface area contributed by atoms with Crippen LogP contribution in [0.2, 0.25) is 0 Å². The van der Waals surface area contributed by atoms with Crippen molar-refractivity contribution >= 4 is 38.9 Å². The summed E-state index contributed by atoms with van der Waals surface area (Å²) in [5, 5.41) is 5.44. The lowest BCUT2D eigenvalue weighted by molar-refractivity contribution is 1.22. The minimum atomic E-state index is 0.779. The van der Waals surface area contributed by atoms with Gasteiger partial charge in [0.25, 0.3) is 0 Å². The molecular formula is C18H16BrN3. The smallest absolute Gasteiger partial charge is 0.149 e. The number of aromatic nitrogens is 1. The van der Waals surface area contributed by atoms with Crippen molar-refractivity contribution in [3.05, 3.63) is 69.7 Å². The second kappa shape index (κ2) is 6.28. The lowest BCUT2D eigenvalue weighted by Crippen LogP contribution is -1.97. The van der Waals surface area contributed by atoms with Gasteiger partial charge in [0.15, 0.2) is 0 Å². The minimum Gasteiger partial charge on any atom is -0.261 e. The third kappa shape index (κ3) is 3.17. The highest BCUT2D eigenvalue weighted by Gasteiger charge is 2.03. The Bertz CT molecular complexity index is 856. The maximum absolute atomic E-state index is 4.65. The van der Waals surface area contributed by atoms with E-state index in [1.807, 2.05) is 31.2 Å². The Morgan fingerprint density at radius 3 is 2.73 bits per heavy atom. The van der Waals surface area contributed by atoms with Crippen LogP contribution in [0.4, 0.5) is 5.82 Å². The van der Waals surface area contributed by atoms with E-state index < -0.39 is 0 Å². The van der Waals surface area contributed by atoms with Crippen molar-refractivity contribution in [1.29, 1.82) is 0 Å². The van der Waals surface area contributed by atoms with Gasteiger partial charge in [0, 0.05) is 15.4 Å². The van der Waals surface area contributed by atoms with Crippen LogP contribution in [0.3, 0.4) is 0 Å². The van der Waals surface area contributed by atoms with E-state index in [0.29, 0.717) is 0 Å². The third-order valence-corrected chi connectivity index (χ3v) is 4.17. The fourth-order valence-electron chi connectivity index (χ4n) is 2.24. The molecule has 2 aromatic carbocycles. The third-order valence-electron chi connectivity index (χ3n) is 3.44. The zero-order chi connectivity index (χ0) is 15.5. The van der Waals surface area contributed by atoms with E-state index in [0.717, 1.165) is 32.3 Å². The summed E-state index contributed by atoms with van der Waals surface area (Å²) in [4.78, 5) is 4.65. The number of hydrogen-bond acceptors (Lipinski definition) is 3. The van der Waals surface area contributed by atoms with Crippen LogP contribution in [0.25, 0.3) is 10.9 Å². The van der Waals surface area contributed by atoms with E-state index in [2.05, 4.69) is 62.6 Å². The number of hydrazone groups is 1. The number of benzene rings is 2. The van der Waals surface area contributed by atoms with Crippen molar-refractivity contribution in [3.63, 3.8) is 0 Å². The van der Waals surface area contributed by atoms with Gasteiger partial charge in [-0.2, -0.15) is 5.10 Å². The second-order valence-electron chi connectivity index (χ2n) is 5.24. The molecule has 1 aromatic heterocycles. The maximum atomic E-state index is 4.65. The average molecular weight is 354 g/mol. The summed E-state index contributed by atoms with van der Waals surface area (Å²) in [5.74, 6) is 0.779. The van der Waals surface area contributed by atoms with Crippen LogP contribution >= 0.6 is 15.9 Å². The summed E-state index contributed by atoms with van der Waals surface area (Å²) in [6.45, 7) is 4.10. The largest absolute Gasteiger partial charge is 0.261 e. The lowest BCUT2D eigenvalue weighted by Gasteiger charge is -2.07. The monoisotopic (exact) mass is 353 g/mol. The molecule has 0 amide bonds. The first-order chi connectivity index (χ1) is 10.6. The van der Waals surface area contributed by atoms with E-state index >= 15 is 0 Å². The number of hydrogen-bond donors (Lipinski definition) is 1. The number of nitrogens with one attached hydrogen (secondary N) is 1. The molecule has 0 aliphatic carbocycles. The Kier molecular flexibility index (Phi) is 4.20. The standard InChI is InChI=1S/C18H16BrN3/c1-12-7-8-14-10-13(2)18(21-17(14)9-12)22-20-11-15-5-3-4-6-16(15)19/h3-11H,1-2H3,(H,21,22)/b20-11+. The van der Waals surface area contributed by atoms with Crippen molar-refractivity contribution < 1.29 is 0 Å². The zero-order valence-corrected chi connectivity index (χ0v) is 14.1. The number of aryl methyl sites for hydroxylation is 2. The summed E-state index contributed by atoms with van der Waals surface area (Å²) in [7, 11) is 0. The Morgan fingerprint density at radius 1 is 1.09 bits per heavy atom. The lowest BCUT2D eigenvalue weighted by atomic mass is 10.1. The van der Waals surface area contributed by atoms with Crippen LogP contribution < -0.4 is 5.43 Å². The number of rotatable bonds is 3. The topological polar surface area (TPSA) is 37.3 Å². The SMILES string of the molecule is Cc1ccc2cc(C)c(N/N=C/c3ccccc3Br)nc2c1. The molecule has 0 unspecified atom stereocenters. The zero-order valence-electron chi connectivity index (χ0n) is 12.5. The van der Waals surface area contributed by atoms with Crippen LogP contribution in [0.15, 0.2) is 58.1 Å². The number of nitrogens with zero attached hydrogens (tertiary/aromatic N) is 2. The molecule has 1 N–H and O–H groups in total. The van der Waals surface area contributed by atoms with Gasteiger partial charge in [0.05, 0.1) is 11.7 Å². The number of pyridine rings is 1. The van der Waals surface area contributed by atoms with Gasteiger partial charge in [-0.25, -0.2) is 4.98 Å². The molecule has 3 aromatic rings. The van der Waals surface area contributed by atoms with Gasteiger partial charge in [-0.1, -0.05) is 46.3 Å². The van der Waals surface area contributed by atoms with Crippen molar-refractivity contribution in [2.45, 2.75) is 13.8 Å². The average Bonchev–Trinajstić information content (AvgIpc) is 2.50. The van der Waals surface area contributed by atoms with Crippen molar-refractivity contribution in [2.75, 3.05) is 5.43 Å². The summed E-state index contributed by atoms with van der Waals surface area (Å²) in [6, 6.07) is 16.3. The van der Waals surface area contributed by atoms with Gasteiger partial charge < -0.3 is 0 Å². The fraction of sp³-hybridized carbons (Fsp3) is 0.111. The van der Waals surface area contributed by atoms with Gasteiger partial charge in [-0.3, -0.25) is 5.43 Å². The molecule has 3 nitrogen and oxygen atoms in total. The van der Waals surface area contributed by atoms with Crippen molar-refractivity contribution in [2.24, 2.45) is 5.10 Å². The van der Waals surface area contributed by atoms with Crippen LogP contribution in [0, 0.1) is 13.8 Å². The molecule has 0 fully saturated rings. The molecule has 0 aliphatic rings. The molecule has 0 saturated carbocycles. The van der Waals surface area contributed by atoms with Gasteiger partial charge in [0.1, 0.15) is 5.82 Å². The Hall–Kier alpha value is -2.20. The van der Waals surface area contributed by atoms with Gasteiger partial charge in [0.2, 0.25) is 0 Å². The second-order valence-corrected chi connectivity index (χ2v) is 6.10. The molecule has 4 heteroatoms. The maximum Gasteiger partial charge on any atom is 0.149 e. The number of halogens is 1. The first-order valence-corrected chi connectivity index (χ1v) is 7.84. The molecular weight excluding hydrogens is 338 g/mol. The Labute approximate surface area is 138 Å². The van der Waals surface area contributed by atoms with Crippen LogP contribution in [0.5, 0.6) is 0 Å². The fourth-order valence-corrected chi connectivity index (χ4v) is 2.63. The quantitative estimate of drug-likeness (QED) is 0.527. The molecule has 0 atom stereocenters. The van der Waals surface area contributed by atoms with Gasteiger partial charge in [-0.05, 0) is 43.2 Å². The molecule has 0 bridgehead atoms. The van der Waals surface area contributed by atoms with Crippen molar-refractivity contribution in [1.82, 2.24) is 4.98 Å². The van der Waals surface area contributed by atoms with E-state index in [4.69, 9.17) is 0 Å². The van der Waals surface area contributed by atoms with Gasteiger partial charge in [-0.15, -0.1) is 0 Å².